The molecule has 0 saturated carbocycles. The molecule has 1 aromatic carbocycles. The van der Waals surface area contributed by atoms with Crippen LogP contribution in [0, 0.1) is 5.92 Å². The highest BCUT2D eigenvalue weighted by Crippen LogP contribution is 2.40. The van der Waals surface area contributed by atoms with E-state index in [1.165, 1.54) is 6.33 Å². The summed E-state index contributed by atoms with van der Waals surface area (Å²) < 4.78 is 40.0. The number of carbonyl (C=O) groups excluding carboxylic acids is 1. The Morgan fingerprint density at radius 3 is 2.62 bits per heavy atom. The number of amides is 1. The number of pyridine rings is 1. The summed E-state index contributed by atoms with van der Waals surface area (Å²) in [7, 11) is 0. The fraction of sp³-hybridized carbons (Fsp3) is 0.278. The molecule has 1 aliphatic rings. The lowest BCUT2D eigenvalue weighted by Gasteiger charge is -2.24. The van der Waals surface area contributed by atoms with Gasteiger partial charge in [0.15, 0.2) is 5.65 Å². The monoisotopic (exact) mass is 360 g/mol. The number of aromatic amines is 1. The van der Waals surface area contributed by atoms with Gasteiger partial charge in [0.25, 0.3) is 0 Å². The molecule has 3 aromatic rings. The number of rotatable bonds is 3. The van der Waals surface area contributed by atoms with Gasteiger partial charge in [0.05, 0.1) is 11.8 Å². The van der Waals surface area contributed by atoms with Crippen molar-refractivity contribution in [3.63, 3.8) is 0 Å². The van der Waals surface area contributed by atoms with E-state index in [9.17, 15) is 18.0 Å². The largest absolute Gasteiger partial charge is 0.433 e. The number of aromatic nitrogens is 3. The van der Waals surface area contributed by atoms with Gasteiger partial charge in [0.1, 0.15) is 5.69 Å². The van der Waals surface area contributed by atoms with Gasteiger partial charge in [-0.2, -0.15) is 13.2 Å². The number of alkyl halides is 3. The number of hydrogen-bond acceptors (Lipinski definition) is 3. The average Bonchev–Trinajstić information content (AvgIpc) is 3.24. The summed E-state index contributed by atoms with van der Waals surface area (Å²) in [5.41, 5.74) is 0.807. The number of nitrogens with one attached hydrogen (secondary N) is 2. The standard InChI is InChI=1S/C18H15F3N4O/c19-18(20,21)13-7-12(16-17(25-13)24-9-23-16)15(10-4-2-1-3-5-10)11-6-14(26)22-8-11/h1-5,7,9,11,15H,6,8H2,(H,22,26)(H,23,24,25). The van der Waals surface area contributed by atoms with Crippen LogP contribution in [0.5, 0.6) is 0 Å². The number of hydrogen-bond donors (Lipinski definition) is 2. The molecule has 1 fully saturated rings. The lowest BCUT2D eigenvalue weighted by atomic mass is 9.79. The van der Waals surface area contributed by atoms with Crippen LogP contribution in [0.4, 0.5) is 13.2 Å². The molecule has 2 unspecified atom stereocenters. The smallest absolute Gasteiger partial charge is 0.356 e. The maximum absolute atomic E-state index is 13.3. The summed E-state index contributed by atoms with van der Waals surface area (Å²) >= 11 is 0. The minimum atomic E-state index is -4.58. The molecule has 3 heterocycles. The van der Waals surface area contributed by atoms with Gasteiger partial charge in [0, 0.05) is 18.9 Å². The fourth-order valence-corrected chi connectivity index (χ4v) is 3.57. The quantitative estimate of drug-likeness (QED) is 0.753. The van der Waals surface area contributed by atoms with Crippen LogP contribution >= 0.6 is 0 Å². The summed E-state index contributed by atoms with van der Waals surface area (Å²) in [6, 6.07) is 10.3. The van der Waals surface area contributed by atoms with Crippen LogP contribution in [-0.2, 0) is 11.0 Å². The molecule has 1 saturated heterocycles. The first kappa shape index (κ1) is 16.6. The molecule has 0 bridgehead atoms. The van der Waals surface area contributed by atoms with E-state index in [0.717, 1.165) is 11.6 Å². The third kappa shape index (κ3) is 2.91. The lowest BCUT2D eigenvalue weighted by molar-refractivity contribution is -0.141. The van der Waals surface area contributed by atoms with Crippen LogP contribution in [0.15, 0.2) is 42.7 Å². The zero-order valence-corrected chi connectivity index (χ0v) is 13.5. The van der Waals surface area contributed by atoms with Crippen LogP contribution in [0.3, 0.4) is 0 Å². The second-order valence-electron chi connectivity index (χ2n) is 6.35. The van der Waals surface area contributed by atoms with Gasteiger partial charge in [-0.3, -0.25) is 4.79 Å². The number of fused-ring (bicyclic) bond motifs is 1. The Kier molecular flexibility index (Phi) is 3.90. The van der Waals surface area contributed by atoms with Crippen molar-refractivity contribution < 1.29 is 18.0 Å². The Morgan fingerprint density at radius 2 is 1.96 bits per heavy atom. The van der Waals surface area contributed by atoms with Crippen molar-refractivity contribution in [2.24, 2.45) is 5.92 Å². The third-order valence-corrected chi connectivity index (χ3v) is 4.69. The van der Waals surface area contributed by atoms with E-state index >= 15 is 0 Å². The van der Waals surface area contributed by atoms with E-state index in [1.807, 2.05) is 30.3 Å². The predicted molar refractivity (Wildman–Crippen MR) is 88.3 cm³/mol. The Balaban J connectivity index is 1.93. The van der Waals surface area contributed by atoms with Crippen molar-refractivity contribution in [1.82, 2.24) is 20.3 Å². The third-order valence-electron chi connectivity index (χ3n) is 4.69. The minimum Gasteiger partial charge on any atom is -0.356 e. The van der Waals surface area contributed by atoms with Gasteiger partial charge in [-0.25, -0.2) is 9.97 Å². The normalized spacial score (nSPS) is 18.9. The predicted octanol–water partition coefficient (Wildman–Crippen LogP) is 3.24. The molecular weight excluding hydrogens is 345 g/mol. The van der Waals surface area contributed by atoms with Crippen molar-refractivity contribution in [3.05, 3.63) is 59.5 Å². The second kappa shape index (κ2) is 6.12. The summed E-state index contributed by atoms with van der Waals surface area (Å²) in [6.45, 7) is 0.414. The summed E-state index contributed by atoms with van der Waals surface area (Å²) in [5.74, 6) is -0.635. The van der Waals surface area contributed by atoms with Gasteiger partial charge < -0.3 is 10.3 Å². The molecule has 1 aliphatic heterocycles. The number of benzene rings is 1. The van der Waals surface area contributed by atoms with Crippen molar-refractivity contribution in [2.75, 3.05) is 6.54 Å². The highest BCUT2D eigenvalue weighted by molar-refractivity contribution is 5.80. The fourth-order valence-electron chi connectivity index (χ4n) is 3.57. The topological polar surface area (TPSA) is 70.7 Å². The van der Waals surface area contributed by atoms with Crippen LogP contribution in [0.25, 0.3) is 11.2 Å². The Morgan fingerprint density at radius 1 is 1.19 bits per heavy atom. The number of imidazole rings is 1. The number of nitrogens with zero attached hydrogens (tertiary/aromatic N) is 2. The highest BCUT2D eigenvalue weighted by atomic mass is 19.4. The van der Waals surface area contributed by atoms with E-state index in [-0.39, 0.29) is 29.8 Å². The van der Waals surface area contributed by atoms with Crippen LogP contribution in [0.1, 0.15) is 29.2 Å². The zero-order valence-electron chi connectivity index (χ0n) is 13.5. The van der Waals surface area contributed by atoms with E-state index in [1.54, 1.807) is 0 Å². The lowest BCUT2D eigenvalue weighted by Crippen LogP contribution is -2.20. The molecule has 0 aliphatic carbocycles. The summed E-state index contributed by atoms with van der Waals surface area (Å²) in [5, 5.41) is 2.77. The zero-order chi connectivity index (χ0) is 18.3. The number of halogens is 3. The minimum absolute atomic E-state index is 0.0213. The Labute approximate surface area is 146 Å². The molecule has 134 valence electrons. The molecule has 4 rings (SSSR count). The summed E-state index contributed by atoms with van der Waals surface area (Å²) in [6.07, 6.45) is -2.98. The van der Waals surface area contributed by atoms with Crippen LogP contribution in [-0.4, -0.2) is 27.4 Å². The maximum atomic E-state index is 13.3. The SMILES string of the molecule is O=C1CC(C(c2ccccc2)c2cc(C(F)(F)F)nc3nc[nH]c23)CN1. The van der Waals surface area contributed by atoms with Gasteiger partial charge in [-0.1, -0.05) is 30.3 Å². The first-order chi connectivity index (χ1) is 12.4. The highest BCUT2D eigenvalue weighted by Gasteiger charge is 2.37. The summed E-state index contributed by atoms with van der Waals surface area (Å²) in [4.78, 5) is 22.2. The second-order valence-corrected chi connectivity index (χ2v) is 6.35. The van der Waals surface area contributed by atoms with Crippen molar-refractivity contribution >= 4 is 17.1 Å². The van der Waals surface area contributed by atoms with E-state index < -0.39 is 11.9 Å². The van der Waals surface area contributed by atoms with Crippen LogP contribution < -0.4 is 5.32 Å². The van der Waals surface area contributed by atoms with Gasteiger partial charge in [-0.05, 0) is 23.1 Å². The first-order valence-electron chi connectivity index (χ1n) is 8.16. The Hall–Kier alpha value is -2.90. The molecule has 8 heteroatoms. The van der Waals surface area contributed by atoms with Gasteiger partial charge in [0.2, 0.25) is 5.91 Å². The van der Waals surface area contributed by atoms with E-state index in [4.69, 9.17) is 0 Å². The van der Waals surface area contributed by atoms with Gasteiger partial charge >= 0.3 is 6.18 Å². The number of carbonyl (C=O) groups is 1. The van der Waals surface area contributed by atoms with Crippen molar-refractivity contribution in [2.45, 2.75) is 18.5 Å². The van der Waals surface area contributed by atoms with Gasteiger partial charge in [-0.15, -0.1) is 0 Å². The average molecular weight is 360 g/mol. The molecule has 0 radical (unpaired) electrons. The van der Waals surface area contributed by atoms with Crippen LogP contribution in [0.2, 0.25) is 0 Å². The first-order valence-corrected chi connectivity index (χ1v) is 8.16. The van der Waals surface area contributed by atoms with E-state index in [2.05, 4.69) is 20.3 Å². The molecule has 5 nitrogen and oxygen atoms in total. The molecule has 2 N–H and O–H groups in total. The Bertz CT molecular complexity index is 952. The number of H-pyrrole nitrogens is 1. The van der Waals surface area contributed by atoms with Crippen molar-refractivity contribution in [3.8, 4) is 0 Å². The molecule has 26 heavy (non-hydrogen) atoms. The van der Waals surface area contributed by atoms with E-state index in [0.29, 0.717) is 17.6 Å². The molecule has 2 atom stereocenters. The molecule has 1 amide bonds. The van der Waals surface area contributed by atoms with Crippen molar-refractivity contribution in [1.29, 1.82) is 0 Å². The molecule has 0 spiro atoms. The molecular formula is C18H15F3N4O. The maximum Gasteiger partial charge on any atom is 0.433 e. The molecule has 2 aromatic heterocycles.